The van der Waals surface area contributed by atoms with Gasteiger partial charge in [-0.1, -0.05) is 20.3 Å². The molecule has 1 aromatic carbocycles. The molecule has 110 valence electrons. The van der Waals surface area contributed by atoms with Gasteiger partial charge >= 0.3 is 0 Å². The molecule has 0 bridgehead atoms. The van der Waals surface area contributed by atoms with Gasteiger partial charge in [0.15, 0.2) is 0 Å². The summed E-state index contributed by atoms with van der Waals surface area (Å²) in [5.41, 5.74) is 5.75. The molecule has 0 spiro atoms. The van der Waals surface area contributed by atoms with E-state index < -0.39 is 10.8 Å². The van der Waals surface area contributed by atoms with Crippen LogP contribution in [0.1, 0.15) is 44.0 Å². The predicted octanol–water partition coefficient (Wildman–Crippen LogP) is 2.93. The molecule has 2 atom stereocenters. The molecule has 0 fully saturated rings. The Morgan fingerprint density at radius 1 is 1.45 bits per heavy atom. The largest absolute Gasteiger partial charge is 0.377 e. The molecule has 1 aromatic rings. The summed E-state index contributed by atoms with van der Waals surface area (Å²) in [6.07, 6.45) is 1.95. The molecule has 2 unspecified atom stereocenters. The molecule has 0 aliphatic rings. The van der Waals surface area contributed by atoms with Crippen LogP contribution in [0.4, 0.5) is 11.4 Å². The molecule has 0 aliphatic carbocycles. The van der Waals surface area contributed by atoms with Gasteiger partial charge in [0, 0.05) is 17.7 Å². The van der Waals surface area contributed by atoms with Gasteiger partial charge in [-0.05, 0) is 31.4 Å². The lowest BCUT2D eigenvalue weighted by Crippen LogP contribution is -2.20. The van der Waals surface area contributed by atoms with Crippen molar-refractivity contribution >= 4 is 17.3 Å². The van der Waals surface area contributed by atoms with Crippen molar-refractivity contribution in [1.82, 2.24) is 0 Å². The Morgan fingerprint density at radius 2 is 2.10 bits per heavy atom. The molecule has 0 heterocycles. The van der Waals surface area contributed by atoms with Gasteiger partial charge in [-0.25, -0.2) is 0 Å². The number of carbonyl (C=O) groups is 1. The molecule has 6 heteroatoms. The van der Waals surface area contributed by atoms with Crippen LogP contribution >= 0.6 is 0 Å². The fraction of sp³-hybridized carbons (Fsp3) is 0.500. The number of anilines is 1. The van der Waals surface area contributed by atoms with E-state index in [4.69, 9.17) is 5.73 Å². The molecule has 1 amide bonds. The molecular formula is C14H21N3O3. The maximum atomic E-state index is 11.2. The molecule has 0 aromatic heterocycles. The average molecular weight is 279 g/mol. The van der Waals surface area contributed by atoms with Crippen molar-refractivity contribution in [2.45, 2.75) is 39.7 Å². The zero-order chi connectivity index (χ0) is 15.3. The van der Waals surface area contributed by atoms with Gasteiger partial charge in [-0.3, -0.25) is 14.9 Å². The summed E-state index contributed by atoms with van der Waals surface area (Å²) in [6.45, 7) is 6.20. The van der Waals surface area contributed by atoms with E-state index in [1.807, 2.05) is 6.92 Å². The second kappa shape index (κ2) is 6.88. The van der Waals surface area contributed by atoms with Crippen molar-refractivity contribution in [3.63, 3.8) is 0 Å². The summed E-state index contributed by atoms with van der Waals surface area (Å²) in [7, 11) is 0. The first-order valence-electron chi connectivity index (χ1n) is 6.69. The van der Waals surface area contributed by atoms with Gasteiger partial charge < -0.3 is 11.1 Å². The van der Waals surface area contributed by atoms with Crippen LogP contribution in [0, 0.1) is 16.0 Å². The van der Waals surface area contributed by atoms with Crippen LogP contribution in [-0.4, -0.2) is 16.9 Å². The molecule has 0 saturated carbocycles. The summed E-state index contributed by atoms with van der Waals surface area (Å²) >= 11 is 0. The molecule has 1 rings (SSSR count). The third-order valence-electron chi connectivity index (χ3n) is 3.33. The van der Waals surface area contributed by atoms with Gasteiger partial charge in [-0.2, -0.15) is 0 Å². The van der Waals surface area contributed by atoms with Crippen molar-refractivity contribution in [3.8, 4) is 0 Å². The van der Waals surface area contributed by atoms with Crippen LogP contribution in [0.2, 0.25) is 0 Å². The second-order valence-corrected chi connectivity index (χ2v) is 5.15. The smallest absolute Gasteiger partial charge is 0.292 e. The van der Waals surface area contributed by atoms with Crippen LogP contribution in [-0.2, 0) is 0 Å². The highest BCUT2D eigenvalue weighted by Gasteiger charge is 2.18. The van der Waals surface area contributed by atoms with Crippen LogP contribution in [0.5, 0.6) is 0 Å². The SMILES string of the molecule is CCC(C)CC(C)Nc1cc(C(N)=O)ccc1[N+](=O)[O-]. The number of primary amides is 1. The zero-order valence-electron chi connectivity index (χ0n) is 12.1. The Bertz CT molecular complexity index is 502. The summed E-state index contributed by atoms with van der Waals surface area (Å²) in [6, 6.07) is 4.18. The number of amides is 1. The number of hydrogen-bond acceptors (Lipinski definition) is 4. The standard InChI is InChI=1S/C14H21N3O3/c1-4-9(2)7-10(3)16-12-8-11(14(15)18)5-6-13(12)17(19)20/h5-6,8-10,16H,4,7H2,1-3H3,(H2,15,18). The lowest BCUT2D eigenvalue weighted by Gasteiger charge is -2.18. The summed E-state index contributed by atoms with van der Waals surface area (Å²) in [4.78, 5) is 21.7. The molecule has 0 saturated heterocycles. The topological polar surface area (TPSA) is 98.3 Å². The lowest BCUT2D eigenvalue weighted by atomic mass is 10.00. The van der Waals surface area contributed by atoms with E-state index in [1.165, 1.54) is 18.2 Å². The highest BCUT2D eigenvalue weighted by atomic mass is 16.6. The van der Waals surface area contributed by atoms with E-state index in [0.717, 1.165) is 12.8 Å². The molecule has 3 N–H and O–H groups in total. The van der Waals surface area contributed by atoms with Crippen molar-refractivity contribution in [2.24, 2.45) is 11.7 Å². The minimum absolute atomic E-state index is 0.0500. The van der Waals surface area contributed by atoms with Crippen LogP contribution in [0.25, 0.3) is 0 Å². The van der Waals surface area contributed by atoms with E-state index >= 15 is 0 Å². The van der Waals surface area contributed by atoms with Gasteiger partial charge in [0.25, 0.3) is 5.69 Å². The molecule has 0 aliphatic heterocycles. The fourth-order valence-corrected chi connectivity index (χ4v) is 2.06. The van der Waals surface area contributed by atoms with Crippen LogP contribution in [0.15, 0.2) is 18.2 Å². The van der Waals surface area contributed by atoms with Gasteiger partial charge in [0.2, 0.25) is 5.91 Å². The summed E-state index contributed by atoms with van der Waals surface area (Å²) in [5, 5.41) is 14.1. The van der Waals surface area contributed by atoms with Crippen LogP contribution < -0.4 is 11.1 Å². The maximum Gasteiger partial charge on any atom is 0.292 e. The van der Waals surface area contributed by atoms with E-state index in [0.29, 0.717) is 11.6 Å². The lowest BCUT2D eigenvalue weighted by molar-refractivity contribution is -0.384. The third kappa shape index (κ3) is 4.22. The minimum Gasteiger partial charge on any atom is -0.377 e. The number of nitrogens with one attached hydrogen (secondary N) is 1. The molecule has 6 nitrogen and oxygen atoms in total. The zero-order valence-corrected chi connectivity index (χ0v) is 12.1. The monoisotopic (exact) mass is 279 g/mol. The fourth-order valence-electron chi connectivity index (χ4n) is 2.06. The Hall–Kier alpha value is -2.11. The number of nitro groups is 1. The Kier molecular flexibility index (Phi) is 5.49. The number of benzene rings is 1. The highest BCUT2D eigenvalue weighted by Crippen LogP contribution is 2.27. The number of nitrogens with zero attached hydrogens (tertiary/aromatic N) is 1. The maximum absolute atomic E-state index is 11.2. The van der Waals surface area contributed by atoms with E-state index in [2.05, 4.69) is 19.2 Å². The third-order valence-corrected chi connectivity index (χ3v) is 3.33. The molecule has 20 heavy (non-hydrogen) atoms. The van der Waals surface area contributed by atoms with Crippen molar-refractivity contribution in [2.75, 3.05) is 5.32 Å². The number of hydrogen-bond donors (Lipinski definition) is 2. The van der Waals surface area contributed by atoms with E-state index in [9.17, 15) is 14.9 Å². The first kappa shape index (κ1) is 15.9. The Balaban J connectivity index is 2.98. The van der Waals surface area contributed by atoms with Crippen molar-refractivity contribution in [3.05, 3.63) is 33.9 Å². The number of carbonyl (C=O) groups excluding carboxylic acids is 1. The first-order valence-corrected chi connectivity index (χ1v) is 6.69. The first-order chi connectivity index (χ1) is 9.35. The Morgan fingerprint density at radius 3 is 2.60 bits per heavy atom. The predicted molar refractivity (Wildman–Crippen MR) is 78.8 cm³/mol. The number of nitro benzene ring substituents is 1. The normalized spacial score (nSPS) is 13.6. The van der Waals surface area contributed by atoms with E-state index in [1.54, 1.807) is 0 Å². The van der Waals surface area contributed by atoms with Gasteiger partial charge in [0.05, 0.1) is 4.92 Å². The van der Waals surface area contributed by atoms with Crippen LogP contribution in [0.3, 0.4) is 0 Å². The highest BCUT2D eigenvalue weighted by molar-refractivity contribution is 5.94. The molecular weight excluding hydrogens is 258 g/mol. The van der Waals surface area contributed by atoms with E-state index in [-0.39, 0.29) is 17.3 Å². The second-order valence-electron chi connectivity index (χ2n) is 5.15. The van der Waals surface area contributed by atoms with Gasteiger partial charge in [0.1, 0.15) is 5.69 Å². The molecule has 0 radical (unpaired) electrons. The van der Waals surface area contributed by atoms with Gasteiger partial charge in [-0.15, -0.1) is 0 Å². The Labute approximate surface area is 118 Å². The van der Waals surface area contributed by atoms with Crippen molar-refractivity contribution in [1.29, 1.82) is 0 Å². The summed E-state index contributed by atoms with van der Waals surface area (Å²) in [5.74, 6) is -0.0755. The minimum atomic E-state index is -0.600. The summed E-state index contributed by atoms with van der Waals surface area (Å²) < 4.78 is 0. The number of rotatable bonds is 7. The quantitative estimate of drug-likeness (QED) is 0.592. The average Bonchev–Trinajstić information content (AvgIpc) is 2.37. The number of nitrogens with two attached hydrogens (primary N) is 1. The van der Waals surface area contributed by atoms with Crippen molar-refractivity contribution < 1.29 is 9.72 Å².